The van der Waals surface area contributed by atoms with Gasteiger partial charge in [0.1, 0.15) is 0 Å². The van der Waals surface area contributed by atoms with Crippen LogP contribution < -0.4 is 5.32 Å². The Balaban J connectivity index is 1.53. The number of carbonyl (C=O) groups excluding carboxylic acids is 1. The number of H-pyrrole nitrogens is 1. The molecule has 0 aliphatic carbocycles. The summed E-state index contributed by atoms with van der Waals surface area (Å²) >= 11 is 0. The Labute approximate surface area is 139 Å². The first-order valence-electron chi connectivity index (χ1n) is 7.69. The van der Waals surface area contributed by atoms with Crippen molar-refractivity contribution in [1.29, 1.82) is 0 Å². The SMILES string of the molecule is O=C(Nc1ccc2[nH]ccc2c1)c1ccc(-c2ccccn2)cc1. The molecule has 0 aliphatic rings. The average Bonchev–Trinajstić information content (AvgIpc) is 3.10. The van der Waals surface area contributed by atoms with Crippen LogP contribution in [0.3, 0.4) is 0 Å². The van der Waals surface area contributed by atoms with Gasteiger partial charge in [-0.25, -0.2) is 0 Å². The van der Waals surface area contributed by atoms with E-state index in [1.165, 1.54) is 0 Å². The van der Waals surface area contributed by atoms with E-state index in [0.29, 0.717) is 5.56 Å². The van der Waals surface area contributed by atoms with E-state index in [0.717, 1.165) is 27.8 Å². The molecule has 24 heavy (non-hydrogen) atoms. The van der Waals surface area contributed by atoms with Gasteiger partial charge in [-0.2, -0.15) is 0 Å². The fraction of sp³-hybridized carbons (Fsp3) is 0. The van der Waals surface area contributed by atoms with Gasteiger partial charge in [-0.1, -0.05) is 18.2 Å². The molecule has 0 saturated heterocycles. The normalized spacial score (nSPS) is 10.7. The van der Waals surface area contributed by atoms with Crippen LogP contribution in [-0.2, 0) is 0 Å². The van der Waals surface area contributed by atoms with Gasteiger partial charge in [0.15, 0.2) is 0 Å². The predicted octanol–water partition coefficient (Wildman–Crippen LogP) is 4.48. The molecule has 2 aromatic heterocycles. The number of benzene rings is 2. The highest BCUT2D eigenvalue weighted by Crippen LogP contribution is 2.20. The van der Waals surface area contributed by atoms with Crippen molar-refractivity contribution in [1.82, 2.24) is 9.97 Å². The summed E-state index contributed by atoms with van der Waals surface area (Å²) in [6.07, 6.45) is 3.64. The van der Waals surface area contributed by atoms with E-state index in [9.17, 15) is 4.79 Å². The minimum absolute atomic E-state index is 0.127. The molecule has 1 amide bonds. The highest BCUT2D eigenvalue weighted by Gasteiger charge is 2.07. The first-order chi connectivity index (χ1) is 11.8. The third kappa shape index (κ3) is 2.77. The topological polar surface area (TPSA) is 57.8 Å². The van der Waals surface area contributed by atoms with Gasteiger partial charge in [-0.05, 0) is 48.5 Å². The second-order valence-electron chi connectivity index (χ2n) is 5.53. The van der Waals surface area contributed by atoms with E-state index in [1.54, 1.807) is 6.20 Å². The summed E-state index contributed by atoms with van der Waals surface area (Å²) in [4.78, 5) is 19.8. The molecule has 4 heteroatoms. The summed E-state index contributed by atoms with van der Waals surface area (Å²) < 4.78 is 0. The van der Waals surface area contributed by atoms with Crippen molar-refractivity contribution in [2.24, 2.45) is 0 Å². The highest BCUT2D eigenvalue weighted by atomic mass is 16.1. The monoisotopic (exact) mass is 313 g/mol. The summed E-state index contributed by atoms with van der Waals surface area (Å²) in [7, 11) is 0. The molecule has 2 N–H and O–H groups in total. The first kappa shape index (κ1) is 14.2. The quantitative estimate of drug-likeness (QED) is 0.586. The molecule has 0 atom stereocenters. The number of carbonyl (C=O) groups is 1. The maximum absolute atomic E-state index is 12.4. The number of hydrogen-bond acceptors (Lipinski definition) is 2. The molecule has 0 aliphatic heterocycles. The Morgan fingerprint density at radius 1 is 0.958 bits per heavy atom. The number of hydrogen-bond donors (Lipinski definition) is 2. The van der Waals surface area contributed by atoms with Crippen LogP contribution in [0, 0.1) is 0 Å². The summed E-state index contributed by atoms with van der Waals surface area (Å²) in [6, 6.07) is 21.0. The molecule has 4 rings (SSSR count). The lowest BCUT2D eigenvalue weighted by molar-refractivity contribution is 0.102. The minimum atomic E-state index is -0.127. The first-order valence-corrected chi connectivity index (χ1v) is 7.69. The van der Waals surface area contributed by atoms with Crippen molar-refractivity contribution in [3.8, 4) is 11.3 Å². The molecular weight excluding hydrogens is 298 g/mol. The maximum atomic E-state index is 12.4. The van der Waals surface area contributed by atoms with Gasteiger partial charge >= 0.3 is 0 Å². The lowest BCUT2D eigenvalue weighted by atomic mass is 10.1. The minimum Gasteiger partial charge on any atom is -0.361 e. The summed E-state index contributed by atoms with van der Waals surface area (Å²) in [5.41, 5.74) is 4.32. The van der Waals surface area contributed by atoms with Crippen molar-refractivity contribution < 1.29 is 4.79 Å². The number of rotatable bonds is 3. The lowest BCUT2D eigenvalue weighted by Crippen LogP contribution is -2.11. The third-order valence-corrected chi connectivity index (χ3v) is 3.92. The molecule has 116 valence electrons. The van der Waals surface area contributed by atoms with E-state index in [4.69, 9.17) is 0 Å². The second-order valence-corrected chi connectivity index (χ2v) is 5.53. The number of aromatic nitrogens is 2. The van der Waals surface area contributed by atoms with E-state index in [-0.39, 0.29) is 5.91 Å². The average molecular weight is 313 g/mol. The number of anilines is 1. The van der Waals surface area contributed by atoms with E-state index in [1.807, 2.05) is 72.9 Å². The molecule has 2 heterocycles. The zero-order chi connectivity index (χ0) is 16.4. The Morgan fingerprint density at radius 2 is 1.83 bits per heavy atom. The number of pyridine rings is 1. The van der Waals surface area contributed by atoms with Crippen LogP contribution in [0.2, 0.25) is 0 Å². The van der Waals surface area contributed by atoms with Crippen LogP contribution in [-0.4, -0.2) is 15.9 Å². The molecule has 4 aromatic rings. The lowest BCUT2D eigenvalue weighted by Gasteiger charge is -2.06. The number of amides is 1. The molecule has 4 nitrogen and oxygen atoms in total. The molecule has 0 saturated carbocycles. The highest BCUT2D eigenvalue weighted by molar-refractivity contribution is 6.05. The van der Waals surface area contributed by atoms with E-state index in [2.05, 4.69) is 15.3 Å². The van der Waals surface area contributed by atoms with E-state index < -0.39 is 0 Å². The van der Waals surface area contributed by atoms with Crippen LogP contribution in [0.25, 0.3) is 22.2 Å². The summed E-state index contributed by atoms with van der Waals surface area (Å²) in [5.74, 6) is -0.127. The van der Waals surface area contributed by atoms with Crippen molar-refractivity contribution in [2.75, 3.05) is 5.32 Å². The fourth-order valence-electron chi connectivity index (χ4n) is 2.66. The van der Waals surface area contributed by atoms with Gasteiger partial charge in [0, 0.05) is 40.1 Å². The standard InChI is InChI=1S/C20H15N3O/c24-20(23-17-8-9-19-16(13-17)10-12-22-19)15-6-4-14(5-7-15)18-3-1-2-11-21-18/h1-13,22H,(H,23,24). The van der Waals surface area contributed by atoms with Crippen LogP contribution in [0.15, 0.2) is 79.1 Å². The molecule has 0 fully saturated rings. The Bertz CT molecular complexity index is 988. The predicted molar refractivity (Wildman–Crippen MR) is 95.9 cm³/mol. The van der Waals surface area contributed by atoms with Crippen molar-refractivity contribution in [3.63, 3.8) is 0 Å². The number of aromatic amines is 1. The molecule has 0 unspecified atom stereocenters. The second kappa shape index (κ2) is 6.01. The van der Waals surface area contributed by atoms with Gasteiger partial charge in [0.25, 0.3) is 5.91 Å². The maximum Gasteiger partial charge on any atom is 0.255 e. The molecule has 0 bridgehead atoms. The third-order valence-electron chi connectivity index (χ3n) is 3.92. The Kier molecular flexibility index (Phi) is 3.56. The molecular formula is C20H15N3O. The largest absolute Gasteiger partial charge is 0.361 e. The summed E-state index contributed by atoms with van der Waals surface area (Å²) in [5, 5.41) is 4.00. The molecule has 0 radical (unpaired) electrons. The van der Waals surface area contributed by atoms with Crippen molar-refractivity contribution in [2.45, 2.75) is 0 Å². The van der Waals surface area contributed by atoms with Gasteiger partial charge in [-0.15, -0.1) is 0 Å². The van der Waals surface area contributed by atoms with Gasteiger partial charge in [0.05, 0.1) is 5.69 Å². The summed E-state index contributed by atoms with van der Waals surface area (Å²) in [6.45, 7) is 0. The van der Waals surface area contributed by atoms with Gasteiger partial charge in [0.2, 0.25) is 0 Å². The molecule has 2 aromatic carbocycles. The fourth-order valence-corrected chi connectivity index (χ4v) is 2.66. The zero-order valence-corrected chi connectivity index (χ0v) is 12.9. The number of nitrogens with zero attached hydrogens (tertiary/aromatic N) is 1. The van der Waals surface area contributed by atoms with Crippen LogP contribution in [0.5, 0.6) is 0 Å². The smallest absolute Gasteiger partial charge is 0.255 e. The van der Waals surface area contributed by atoms with E-state index >= 15 is 0 Å². The van der Waals surface area contributed by atoms with Gasteiger partial charge in [-0.3, -0.25) is 9.78 Å². The van der Waals surface area contributed by atoms with Crippen molar-refractivity contribution in [3.05, 3.63) is 84.7 Å². The van der Waals surface area contributed by atoms with Crippen LogP contribution in [0.4, 0.5) is 5.69 Å². The molecule has 0 spiro atoms. The Morgan fingerprint density at radius 3 is 2.62 bits per heavy atom. The number of nitrogens with one attached hydrogen (secondary N) is 2. The van der Waals surface area contributed by atoms with Crippen LogP contribution in [0.1, 0.15) is 10.4 Å². The number of fused-ring (bicyclic) bond motifs is 1. The van der Waals surface area contributed by atoms with Crippen LogP contribution >= 0.6 is 0 Å². The van der Waals surface area contributed by atoms with Gasteiger partial charge < -0.3 is 10.3 Å². The Hall–Kier alpha value is -3.40. The zero-order valence-electron chi connectivity index (χ0n) is 12.9. The van der Waals surface area contributed by atoms with Crippen molar-refractivity contribution >= 4 is 22.5 Å².